The fourth-order valence-corrected chi connectivity index (χ4v) is 3.08. The van der Waals surface area contributed by atoms with E-state index >= 15 is 0 Å². The highest BCUT2D eigenvalue weighted by atomic mass is 35.5. The van der Waals surface area contributed by atoms with Gasteiger partial charge in [0.2, 0.25) is 0 Å². The van der Waals surface area contributed by atoms with Crippen LogP contribution in [0.4, 0.5) is 13.2 Å². The summed E-state index contributed by atoms with van der Waals surface area (Å²) in [7, 11) is -0.835. The lowest BCUT2D eigenvalue weighted by atomic mass is 10.7. The van der Waals surface area contributed by atoms with Crippen molar-refractivity contribution in [3.8, 4) is 0 Å². The zero-order valence-corrected chi connectivity index (χ0v) is 14.2. The molecule has 0 aliphatic heterocycles. The molecule has 0 radical (unpaired) electrons. The van der Waals surface area contributed by atoms with E-state index in [9.17, 15) is 13.2 Å². The van der Waals surface area contributed by atoms with Gasteiger partial charge in [0, 0.05) is 0 Å². The first kappa shape index (κ1) is 31.1. The molecular weight excluding hydrogens is 409 g/mol. The summed E-state index contributed by atoms with van der Waals surface area (Å²) < 4.78 is 50.0. The minimum atomic E-state index is -4.31. The van der Waals surface area contributed by atoms with Crippen LogP contribution >= 0.6 is 87.1 Å². The number of hydrogen-bond acceptors (Lipinski definition) is 4. The van der Waals surface area contributed by atoms with E-state index in [0.717, 1.165) is 0 Å². The van der Waals surface area contributed by atoms with Crippen LogP contribution in [0.5, 0.6) is 0 Å². The smallest absolute Gasteiger partial charge is 0.233 e. The number of rotatable bonds is 2. The van der Waals surface area contributed by atoms with Gasteiger partial charge in [-0.15, -0.1) is 62.0 Å². The molecule has 1 heterocycles. The third kappa shape index (κ3) is 17.5. The average Bonchev–Trinajstić information content (AvgIpc) is 2.02. The maximum Gasteiger partial charge on any atom is 0.414 e. The van der Waals surface area contributed by atoms with E-state index in [2.05, 4.69) is 18.1 Å². The lowest BCUT2D eigenvalue weighted by Crippen LogP contribution is -2.18. The molecule has 1 aromatic heterocycles. The van der Waals surface area contributed by atoms with Crippen molar-refractivity contribution in [1.29, 1.82) is 0 Å². The second-order valence-corrected chi connectivity index (χ2v) is 4.86. The normalized spacial score (nSPS) is 10.2. The Balaban J connectivity index is -0.0000000960. The van der Waals surface area contributed by atoms with Crippen molar-refractivity contribution in [2.75, 3.05) is 6.61 Å². The molecule has 0 bridgehead atoms. The fraction of sp³-hybridized carbons (Fsp3) is 1.00. The molecule has 0 spiro atoms. The van der Waals surface area contributed by atoms with Gasteiger partial charge in [-0.25, -0.2) is 4.52 Å². The SMILES string of the molecule is Cl.Cl.Cl.Cl.Cl.FC(F)(F)CO[p+]1npnpn1. The minimum absolute atomic E-state index is 0. The molecular formula is C2H7Cl5F3N3OP3+. The predicted molar refractivity (Wildman–Crippen MR) is 75.7 cm³/mol. The summed E-state index contributed by atoms with van der Waals surface area (Å²) in [5.41, 5.74) is 0. The Kier molecular flexibility index (Phi) is 28.4. The zero-order chi connectivity index (χ0) is 9.03. The van der Waals surface area contributed by atoms with Crippen molar-refractivity contribution in [2.24, 2.45) is 0 Å². The first-order valence-electron chi connectivity index (χ1n) is 2.59. The zero-order valence-electron chi connectivity index (χ0n) is 7.47. The highest BCUT2D eigenvalue weighted by molar-refractivity contribution is 7.50. The van der Waals surface area contributed by atoms with Gasteiger partial charge >= 0.3 is 31.3 Å². The van der Waals surface area contributed by atoms with Crippen LogP contribution in [0.3, 0.4) is 0 Å². The number of hydrogen-bond donors (Lipinski definition) is 0. The van der Waals surface area contributed by atoms with Crippen LogP contribution in [-0.4, -0.2) is 26.3 Å². The third-order valence-electron chi connectivity index (χ3n) is 0.657. The summed E-state index contributed by atoms with van der Waals surface area (Å²) in [6.45, 7) is -1.29. The van der Waals surface area contributed by atoms with Crippen LogP contribution in [0.1, 0.15) is 0 Å². The number of nitrogens with zero attached hydrogens (tertiary/aromatic N) is 3. The van der Waals surface area contributed by atoms with E-state index < -0.39 is 20.9 Å². The summed E-state index contributed by atoms with van der Waals surface area (Å²) >= 11 is 0. The second kappa shape index (κ2) is 15.6. The first-order chi connectivity index (χ1) is 5.58. The van der Waals surface area contributed by atoms with Gasteiger partial charge in [-0.2, -0.15) is 13.2 Å². The largest absolute Gasteiger partial charge is 0.414 e. The highest BCUT2D eigenvalue weighted by Crippen LogP contribution is 2.22. The van der Waals surface area contributed by atoms with Gasteiger partial charge in [-0.3, -0.25) is 0 Å². The molecule has 4 nitrogen and oxygen atoms in total. The van der Waals surface area contributed by atoms with Crippen molar-refractivity contribution in [2.45, 2.75) is 6.18 Å². The van der Waals surface area contributed by atoms with E-state index in [4.69, 9.17) is 0 Å². The monoisotopic (exact) mass is 414 g/mol. The molecule has 0 aliphatic carbocycles. The molecule has 0 N–H and O–H groups in total. The topological polar surface area (TPSA) is 47.9 Å². The molecule has 17 heavy (non-hydrogen) atoms. The molecule has 15 heteroatoms. The van der Waals surface area contributed by atoms with Crippen molar-refractivity contribution in [3.05, 3.63) is 0 Å². The Morgan fingerprint density at radius 2 is 1.35 bits per heavy atom. The molecule has 0 atom stereocenters. The molecule has 106 valence electrons. The van der Waals surface area contributed by atoms with Crippen LogP contribution in [0.25, 0.3) is 0 Å². The summed E-state index contributed by atoms with van der Waals surface area (Å²) in [4.78, 5) is 0. The Labute approximate surface area is 131 Å². The summed E-state index contributed by atoms with van der Waals surface area (Å²) in [6.07, 6.45) is -4.31. The van der Waals surface area contributed by atoms with Gasteiger partial charge in [0.15, 0.2) is 6.61 Å². The van der Waals surface area contributed by atoms with Crippen molar-refractivity contribution in [1.82, 2.24) is 13.5 Å². The average molecular weight is 416 g/mol. The molecule has 0 unspecified atom stereocenters. The number of alkyl halides is 3. The van der Waals surface area contributed by atoms with Crippen molar-refractivity contribution in [3.63, 3.8) is 0 Å². The Morgan fingerprint density at radius 1 is 0.941 bits per heavy atom. The standard InChI is InChI=1S/C2H2F3N3OP3.5ClH/c3-2(4,5)1-9-12-7-10-6-11-8-12;;;;;/h1H2;5*1H/q+1;;;;;. The number of halogens is 8. The predicted octanol–water partition coefficient (Wildman–Crippen LogP) is 4.40. The molecule has 0 fully saturated rings. The first-order valence-corrected chi connectivity index (χ1v) is 5.36. The van der Waals surface area contributed by atoms with Gasteiger partial charge in [0.25, 0.3) is 0 Å². The van der Waals surface area contributed by atoms with Gasteiger partial charge in [-0.05, 0) is 13.5 Å². The van der Waals surface area contributed by atoms with Gasteiger partial charge in [-0.1, -0.05) is 0 Å². The van der Waals surface area contributed by atoms with E-state index in [-0.39, 0.29) is 62.0 Å². The van der Waals surface area contributed by atoms with Crippen LogP contribution < -0.4 is 4.52 Å². The number of aromatic nitrogens is 3. The molecule has 0 aromatic carbocycles. The molecule has 1 rings (SSSR count). The van der Waals surface area contributed by atoms with Crippen molar-refractivity contribution < 1.29 is 17.7 Å². The van der Waals surface area contributed by atoms with E-state index in [0.29, 0.717) is 17.0 Å². The van der Waals surface area contributed by atoms with Crippen LogP contribution in [0, 0.1) is 0 Å². The van der Waals surface area contributed by atoms with Crippen LogP contribution in [0.15, 0.2) is 0 Å². The summed E-state index contributed by atoms with van der Waals surface area (Å²) in [5.74, 6) is 0. The third-order valence-corrected chi connectivity index (χ3v) is 3.52. The lowest BCUT2D eigenvalue weighted by Gasteiger charge is -2.00. The highest BCUT2D eigenvalue weighted by Gasteiger charge is 2.29. The second-order valence-electron chi connectivity index (χ2n) is 1.59. The minimum Gasteiger partial charge on any atom is -0.233 e. The van der Waals surface area contributed by atoms with Gasteiger partial charge in [0.1, 0.15) is 0 Å². The molecule has 0 aliphatic rings. The van der Waals surface area contributed by atoms with Gasteiger partial charge in [0.05, 0.1) is 0 Å². The molecule has 0 saturated carbocycles. The van der Waals surface area contributed by atoms with Crippen molar-refractivity contribution >= 4 is 87.1 Å². The molecule has 1 aromatic rings. The Morgan fingerprint density at radius 3 is 1.71 bits per heavy atom. The van der Waals surface area contributed by atoms with Gasteiger partial charge < -0.3 is 0 Å². The van der Waals surface area contributed by atoms with E-state index in [1.165, 1.54) is 0 Å². The molecule has 0 saturated heterocycles. The summed E-state index contributed by atoms with van der Waals surface area (Å²) in [5, 5.41) is 0. The Bertz CT molecular complexity index is 257. The molecule has 0 amide bonds. The maximum atomic E-state index is 11.6. The maximum absolute atomic E-state index is 11.6. The summed E-state index contributed by atoms with van der Waals surface area (Å²) in [6, 6.07) is 0. The quantitative estimate of drug-likeness (QED) is 0.717. The van der Waals surface area contributed by atoms with E-state index in [1.54, 1.807) is 0 Å². The van der Waals surface area contributed by atoms with Crippen LogP contribution in [0.2, 0.25) is 0 Å². The Hall–Kier alpha value is 1.50. The van der Waals surface area contributed by atoms with Crippen LogP contribution in [-0.2, 0) is 0 Å². The lowest BCUT2D eigenvalue weighted by molar-refractivity contribution is -0.146. The van der Waals surface area contributed by atoms with E-state index in [1.807, 2.05) is 0 Å². The fourth-order valence-electron chi connectivity index (χ4n) is 0.323.